The molecule has 0 unspecified atom stereocenters. The lowest BCUT2D eigenvalue weighted by Gasteiger charge is -2.19. The van der Waals surface area contributed by atoms with Crippen LogP contribution in [0.25, 0.3) is 66.1 Å². The van der Waals surface area contributed by atoms with Gasteiger partial charge in [0.25, 0.3) is 0 Å². The van der Waals surface area contributed by atoms with E-state index in [1.807, 2.05) is 30.3 Å². The Balaban J connectivity index is 1.44. The van der Waals surface area contributed by atoms with E-state index in [1.165, 1.54) is 27.8 Å². The molecule has 0 bridgehead atoms. The van der Waals surface area contributed by atoms with Crippen molar-refractivity contribution < 1.29 is 0 Å². The van der Waals surface area contributed by atoms with E-state index >= 15 is 0 Å². The van der Waals surface area contributed by atoms with Crippen LogP contribution in [0.4, 0.5) is 0 Å². The minimum atomic E-state index is 0.347. The Kier molecular flexibility index (Phi) is 6.83. The van der Waals surface area contributed by atoms with Crippen LogP contribution in [-0.2, 0) is 6.42 Å². The van der Waals surface area contributed by atoms with Gasteiger partial charge in [-0.2, -0.15) is 10.5 Å². The van der Waals surface area contributed by atoms with Crippen molar-refractivity contribution in [1.82, 2.24) is 9.13 Å². The molecule has 0 atom stereocenters. The number of nitriles is 2. The first-order valence-electron chi connectivity index (χ1n) is 16.8. The fourth-order valence-corrected chi connectivity index (χ4v) is 7.76. The number of rotatable bonds is 5. The second kappa shape index (κ2) is 11.7. The Morgan fingerprint density at radius 2 is 1.08 bits per heavy atom. The summed E-state index contributed by atoms with van der Waals surface area (Å²) < 4.78 is 4.46. The second-order valence-corrected chi connectivity index (χ2v) is 12.8. The van der Waals surface area contributed by atoms with E-state index < -0.39 is 0 Å². The molecular weight excluding hydrogens is 609 g/mol. The van der Waals surface area contributed by atoms with Gasteiger partial charge in [0.15, 0.2) is 0 Å². The van der Waals surface area contributed by atoms with Gasteiger partial charge in [0.05, 0.1) is 44.6 Å². The lowest BCUT2D eigenvalue weighted by Crippen LogP contribution is -2.07. The normalized spacial score (nSPS) is 11.3. The molecule has 2 aromatic heterocycles. The van der Waals surface area contributed by atoms with Gasteiger partial charge in [-0.15, -0.1) is 0 Å². The van der Waals surface area contributed by atoms with Crippen LogP contribution in [0.5, 0.6) is 0 Å². The fraction of sp³-hybridized carbons (Fsp3) is 0.0435. The van der Waals surface area contributed by atoms with E-state index in [4.69, 9.17) is 0 Å². The molecule has 0 aliphatic heterocycles. The third-order valence-corrected chi connectivity index (χ3v) is 10.0. The number of para-hydroxylation sites is 3. The second-order valence-electron chi connectivity index (χ2n) is 12.8. The molecule has 0 aliphatic rings. The molecule has 9 aromatic rings. The number of aromatic nitrogens is 2. The highest BCUT2D eigenvalue weighted by molar-refractivity contribution is 6.12. The first kappa shape index (κ1) is 29.3. The summed E-state index contributed by atoms with van der Waals surface area (Å²) in [6, 6.07) is 57.5. The zero-order valence-electron chi connectivity index (χ0n) is 27.4. The topological polar surface area (TPSA) is 57.4 Å². The highest BCUT2D eigenvalue weighted by Crippen LogP contribution is 2.42. The minimum absolute atomic E-state index is 0.347. The Labute approximate surface area is 289 Å². The predicted octanol–water partition coefficient (Wildman–Crippen LogP) is 11.2. The van der Waals surface area contributed by atoms with Gasteiger partial charge in [-0.05, 0) is 83.6 Å². The molecule has 0 amide bonds. The Hall–Kier alpha value is -6.88. The van der Waals surface area contributed by atoms with E-state index in [1.54, 1.807) is 6.07 Å². The maximum absolute atomic E-state index is 10.8. The van der Waals surface area contributed by atoms with Crippen LogP contribution in [0.15, 0.2) is 152 Å². The molecule has 234 valence electrons. The lowest BCUT2D eigenvalue weighted by atomic mass is 9.91. The van der Waals surface area contributed by atoms with Crippen LogP contribution in [0.3, 0.4) is 0 Å². The zero-order valence-corrected chi connectivity index (χ0v) is 27.4. The summed E-state index contributed by atoms with van der Waals surface area (Å²) in [5.41, 5.74) is 12.3. The first-order valence-corrected chi connectivity index (χ1v) is 16.8. The number of hydrogen-bond donors (Lipinski definition) is 0. The van der Waals surface area contributed by atoms with Gasteiger partial charge in [0.2, 0.25) is 0 Å². The van der Waals surface area contributed by atoms with E-state index in [2.05, 4.69) is 143 Å². The molecule has 0 saturated heterocycles. The van der Waals surface area contributed by atoms with Gasteiger partial charge < -0.3 is 9.13 Å². The van der Waals surface area contributed by atoms with Crippen LogP contribution in [0.1, 0.15) is 27.8 Å². The summed E-state index contributed by atoms with van der Waals surface area (Å²) in [6.45, 7) is 2.17. The van der Waals surface area contributed by atoms with E-state index in [0.717, 1.165) is 55.7 Å². The quantitative estimate of drug-likeness (QED) is 0.188. The fourth-order valence-electron chi connectivity index (χ4n) is 7.76. The van der Waals surface area contributed by atoms with Gasteiger partial charge in [0, 0.05) is 21.5 Å². The number of benzene rings is 7. The highest BCUT2D eigenvalue weighted by Gasteiger charge is 2.24. The molecule has 0 radical (unpaired) electrons. The van der Waals surface area contributed by atoms with Gasteiger partial charge in [-0.25, -0.2) is 0 Å². The number of nitrogens with zero attached hydrogens (tertiary/aromatic N) is 4. The zero-order chi connectivity index (χ0) is 33.8. The number of fused-ring (bicyclic) bond motifs is 6. The number of aryl methyl sites for hydroxylation is 1. The van der Waals surface area contributed by atoms with Crippen molar-refractivity contribution >= 4 is 43.6 Å². The van der Waals surface area contributed by atoms with Crippen LogP contribution in [-0.4, -0.2) is 9.13 Å². The van der Waals surface area contributed by atoms with Gasteiger partial charge in [-0.3, -0.25) is 0 Å². The van der Waals surface area contributed by atoms with Crippen molar-refractivity contribution in [1.29, 1.82) is 10.5 Å². The molecule has 4 heteroatoms. The monoisotopic (exact) mass is 638 g/mol. The van der Waals surface area contributed by atoms with Crippen molar-refractivity contribution in [3.05, 3.63) is 179 Å². The molecule has 0 saturated carbocycles. The van der Waals surface area contributed by atoms with Gasteiger partial charge in [0.1, 0.15) is 12.1 Å². The van der Waals surface area contributed by atoms with Gasteiger partial charge >= 0.3 is 0 Å². The molecule has 0 aliphatic carbocycles. The van der Waals surface area contributed by atoms with E-state index in [-0.39, 0.29) is 0 Å². The Bertz CT molecular complexity index is 2820. The van der Waals surface area contributed by atoms with Crippen LogP contribution < -0.4 is 0 Å². The maximum Gasteiger partial charge on any atom is 0.103 e. The molecule has 2 heterocycles. The molecule has 50 heavy (non-hydrogen) atoms. The van der Waals surface area contributed by atoms with E-state index in [9.17, 15) is 10.5 Å². The highest BCUT2D eigenvalue weighted by atomic mass is 15.1. The molecule has 0 spiro atoms. The molecule has 0 N–H and O–H groups in total. The Morgan fingerprint density at radius 1 is 0.500 bits per heavy atom. The van der Waals surface area contributed by atoms with Crippen LogP contribution in [0.2, 0.25) is 0 Å². The van der Waals surface area contributed by atoms with E-state index in [0.29, 0.717) is 16.8 Å². The third kappa shape index (κ3) is 4.44. The van der Waals surface area contributed by atoms with Crippen LogP contribution >= 0.6 is 0 Å². The van der Waals surface area contributed by atoms with Crippen molar-refractivity contribution in [2.75, 3.05) is 0 Å². The summed E-state index contributed by atoms with van der Waals surface area (Å²) in [5, 5.41) is 25.5. The summed E-state index contributed by atoms with van der Waals surface area (Å²) >= 11 is 0. The van der Waals surface area contributed by atoms with Crippen LogP contribution in [0, 0.1) is 29.6 Å². The molecular formula is C46H30N4. The average molecular weight is 639 g/mol. The van der Waals surface area contributed by atoms with Crippen molar-refractivity contribution in [3.63, 3.8) is 0 Å². The average Bonchev–Trinajstić information content (AvgIpc) is 3.67. The smallest absolute Gasteiger partial charge is 0.103 e. The third-order valence-electron chi connectivity index (χ3n) is 10.0. The standard InChI is InChI=1S/C46H30N4/c1-30-13-5-6-16-34(30)38-27-45-39(26-33(38)25-31-14-3-2-4-15-31)37-19-9-10-20-41(37)49(45)44-24-23-32(28-47)40(29-48)46(44)50-42-21-11-7-17-35(42)36-18-8-12-22-43(36)50/h2-24,26-27H,25H2,1H3. The largest absolute Gasteiger partial charge is 0.307 e. The molecule has 0 fully saturated rings. The summed E-state index contributed by atoms with van der Waals surface area (Å²) in [6.07, 6.45) is 0.794. The summed E-state index contributed by atoms with van der Waals surface area (Å²) in [7, 11) is 0. The summed E-state index contributed by atoms with van der Waals surface area (Å²) in [5.74, 6) is 0. The summed E-state index contributed by atoms with van der Waals surface area (Å²) in [4.78, 5) is 0. The minimum Gasteiger partial charge on any atom is -0.307 e. The molecule has 7 aromatic carbocycles. The molecule has 9 rings (SSSR count). The predicted molar refractivity (Wildman–Crippen MR) is 204 cm³/mol. The SMILES string of the molecule is Cc1ccccc1-c1cc2c(cc1Cc1ccccc1)c1ccccc1n2-c1ccc(C#N)c(C#N)c1-n1c2ccccc2c2ccccc21. The number of hydrogen-bond acceptors (Lipinski definition) is 2. The van der Waals surface area contributed by atoms with Crippen molar-refractivity contribution in [2.45, 2.75) is 13.3 Å². The maximum atomic E-state index is 10.8. The lowest BCUT2D eigenvalue weighted by molar-refractivity contribution is 1.08. The van der Waals surface area contributed by atoms with Crippen molar-refractivity contribution in [2.24, 2.45) is 0 Å². The molecule has 4 nitrogen and oxygen atoms in total. The Morgan fingerprint density at radius 3 is 1.72 bits per heavy atom. The first-order chi connectivity index (χ1) is 24.7. The van der Waals surface area contributed by atoms with Crippen molar-refractivity contribution in [3.8, 4) is 34.6 Å². The van der Waals surface area contributed by atoms with Gasteiger partial charge in [-0.1, -0.05) is 109 Å².